The van der Waals surface area contributed by atoms with Gasteiger partial charge in [0, 0.05) is 25.1 Å². The molecule has 0 amide bonds. The second-order valence-corrected chi connectivity index (χ2v) is 6.18. The molecule has 1 aliphatic rings. The minimum atomic E-state index is -1.17. The van der Waals surface area contributed by atoms with E-state index in [2.05, 4.69) is 0 Å². The van der Waals surface area contributed by atoms with Crippen molar-refractivity contribution >= 4 is 24.8 Å². The molecule has 0 aromatic heterocycles. The molecule has 26 heavy (non-hydrogen) atoms. The first kappa shape index (κ1) is 20.0. The Labute approximate surface area is 152 Å². The highest BCUT2D eigenvalue weighted by Gasteiger charge is 2.37. The van der Waals surface area contributed by atoms with Gasteiger partial charge in [-0.15, -0.1) is 0 Å². The number of rotatable bonds is 8. The first-order valence-corrected chi connectivity index (χ1v) is 8.77. The Kier molecular flexibility index (Phi) is 7.21. The molecule has 0 spiro atoms. The summed E-state index contributed by atoms with van der Waals surface area (Å²) in [5, 5.41) is 10.2. The third-order valence-corrected chi connectivity index (χ3v) is 4.19. The van der Waals surface area contributed by atoms with Crippen molar-refractivity contribution in [1.82, 2.24) is 0 Å². The average molecular weight is 362 g/mol. The lowest BCUT2D eigenvalue weighted by Crippen LogP contribution is -2.35. The number of carbonyl (C=O) groups is 3. The maximum Gasteiger partial charge on any atom is 0.526 e. The van der Waals surface area contributed by atoms with Crippen LogP contribution in [0.1, 0.15) is 55.5 Å². The van der Waals surface area contributed by atoms with E-state index in [0.29, 0.717) is 19.3 Å². The molecule has 0 saturated carbocycles. The van der Waals surface area contributed by atoms with Crippen LogP contribution >= 0.6 is 0 Å². The Morgan fingerprint density at radius 3 is 2.73 bits per heavy atom. The van der Waals surface area contributed by atoms with Crippen molar-refractivity contribution < 1.29 is 33.5 Å². The normalized spacial score (nSPS) is 15.7. The number of esters is 2. The summed E-state index contributed by atoms with van der Waals surface area (Å²) < 4.78 is 15.3. The van der Waals surface area contributed by atoms with Crippen LogP contribution in [0, 0.1) is 0 Å². The monoisotopic (exact) mass is 362 g/mol. The molecule has 0 bridgehead atoms. The number of ketones is 1. The van der Waals surface area contributed by atoms with Crippen molar-refractivity contribution in [2.24, 2.45) is 0 Å². The van der Waals surface area contributed by atoms with Crippen molar-refractivity contribution in [3.63, 3.8) is 0 Å². The van der Waals surface area contributed by atoms with Gasteiger partial charge in [-0.1, -0.05) is 26.0 Å². The van der Waals surface area contributed by atoms with Crippen molar-refractivity contribution in [3.05, 3.63) is 29.3 Å². The summed E-state index contributed by atoms with van der Waals surface area (Å²) in [6.45, 7) is 3.14. The van der Waals surface area contributed by atoms with Crippen LogP contribution in [-0.2, 0) is 25.5 Å². The maximum absolute atomic E-state index is 12.2. The van der Waals surface area contributed by atoms with Crippen molar-refractivity contribution in [2.75, 3.05) is 6.79 Å². The van der Waals surface area contributed by atoms with Gasteiger partial charge in [-0.05, 0) is 24.5 Å². The zero-order valence-corrected chi connectivity index (χ0v) is 15.0. The molecule has 0 unspecified atom stereocenters. The lowest BCUT2D eigenvalue weighted by Gasteiger charge is -2.28. The summed E-state index contributed by atoms with van der Waals surface area (Å²) in [7, 11) is -1.17. The number of ether oxygens (including phenoxy) is 2. The highest BCUT2D eigenvalue weighted by atomic mass is 16.7. The molecule has 0 saturated heterocycles. The molecule has 1 aromatic carbocycles. The van der Waals surface area contributed by atoms with Crippen molar-refractivity contribution in [1.29, 1.82) is 0 Å². The quantitative estimate of drug-likeness (QED) is 0.430. The molecule has 0 fully saturated rings. The van der Waals surface area contributed by atoms with Gasteiger partial charge < -0.3 is 19.2 Å². The summed E-state index contributed by atoms with van der Waals surface area (Å²) >= 11 is 0. The fourth-order valence-electron chi connectivity index (χ4n) is 2.76. The van der Waals surface area contributed by atoms with E-state index < -0.39 is 25.8 Å². The summed E-state index contributed by atoms with van der Waals surface area (Å²) in [4.78, 5) is 35.2. The van der Waals surface area contributed by atoms with E-state index in [1.54, 1.807) is 19.1 Å². The average Bonchev–Trinajstić information content (AvgIpc) is 2.61. The smallest absolute Gasteiger partial charge is 0.526 e. The molecule has 2 rings (SSSR count). The van der Waals surface area contributed by atoms with Gasteiger partial charge in [0.2, 0.25) is 6.79 Å². The minimum Gasteiger partial charge on any atom is -0.535 e. The van der Waals surface area contributed by atoms with Crippen molar-refractivity contribution in [3.8, 4) is 5.75 Å². The van der Waals surface area contributed by atoms with E-state index in [1.807, 2.05) is 6.92 Å². The van der Waals surface area contributed by atoms with Crippen LogP contribution in [0.3, 0.4) is 0 Å². The SMILES string of the molecule is CCCC(=O)OCOC(=O)c1cccc2c1OB(O)[C@@H](CC(=O)CC)C2. The van der Waals surface area contributed by atoms with Gasteiger partial charge in [0.25, 0.3) is 0 Å². The molecule has 1 atom stereocenters. The molecule has 0 aliphatic carbocycles. The predicted molar refractivity (Wildman–Crippen MR) is 93.7 cm³/mol. The van der Waals surface area contributed by atoms with E-state index in [0.717, 1.165) is 5.56 Å². The van der Waals surface area contributed by atoms with E-state index in [4.69, 9.17) is 14.1 Å². The zero-order valence-electron chi connectivity index (χ0n) is 15.0. The maximum atomic E-state index is 12.2. The van der Waals surface area contributed by atoms with Crippen LogP contribution in [0.25, 0.3) is 0 Å². The molecule has 140 valence electrons. The number of hydrogen-bond acceptors (Lipinski definition) is 7. The Hall–Kier alpha value is -2.35. The lowest BCUT2D eigenvalue weighted by atomic mass is 9.64. The molecule has 1 aromatic rings. The van der Waals surface area contributed by atoms with Gasteiger partial charge in [-0.25, -0.2) is 4.79 Å². The van der Waals surface area contributed by atoms with Crippen LogP contribution in [0.15, 0.2) is 18.2 Å². The predicted octanol–water partition coefficient (Wildman–Crippen LogP) is 2.30. The zero-order chi connectivity index (χ0) is 19.1. The van der Waals surface area contributed by atoms with E-state index >= 15 is 0 Å². The lowest BCUT2D eigenvalue weighted by molar-refractivity contribution is -0.152. The minimum absolute atomic E-state index is 0.0468. The van der Waals surface area contributed by atoms with Gasteiger partial charge in [-0.2, -0.15) is 0 Å². The number of Topliss-reactive ketones (excluding diaryl/α,β-unsaturated/α-hetero) is 1. The van der Waals surface area contributed by atoms with Gasteiger partial charge in [0.05, 0.1) is 0 Å². The number of hydrogen-bond donors (Lipinski definition) is 1. The molecule has 1 aliphatic heterocycles. The fraction of sp³-hybridized carbons (Fsp3) is 0.500. The molecule has 1 heterocycles. The third-order valence-electron chi connectivity index (χ3n) is 4.19. The largest absolute Gasteiger partial charge is 0.535 e. The number of benzene rings is 1. The first-order chi connectivity index (χ1) is 12.5. The summed E-state index contributed by atoms with van der Waals surface area (Å²) in [5.74, 6) is -1.21. The summed E-state index contributed by atoms with van der Waals surface area (Å²) in [6, 6.07) is 4.97. The topological polar surface area (TPSA) is 99.1 Å². The fourth-order valence-corrected chi connectivity index (χ4v) is 2.76. The van der Waals surface area contributed by atoms with Crippen LogP contribution < -0.4 is 4.65 Å². The Morgan fingerprint density at radius 1 is 1.27 bits per heavy atom. The van der Waals surface area contributed by atoms with Gasteiger partial charge in [-0.3, -0.25) is 9.59 Å². The van der Waals surface area contributed by atoms with Crippen LogP contribution in [0.2, 0.25) is 5.82 Å². The Bertz CT molecular complexity index is 674. The molecule has 0 radical (unpaired) electrons. The number of para-hydroxylation sites is 1. The van der Waals surface area contributed by atoms with E-state index in [-0.39, 0.29) is 35.8 Å². The highest BCUT2D eigenvalue weighted by Crippen LogP contribution is 2.36. The van der Waals surface area contributed by atoms with Gasteiger partial charge in [0.15, 0.2) is 0 Å². The van der Waals surface area contributed by atoms with Crippen LogP contribution in [0.4, 0.5) is 0 Å². The molecular weight excluding hydrogens is 339 g/mol. The standard InChI is InChI=1S/C18H23BO7/c1-3-6-16(21)24-11-25-18(22)15-8-5-7-12-9-13(10-14(20)4-2)19(23)26-17(12)15/h5,7-8,13,23H,3-4,6,9-11H2,1-2H3/t13-/m1/s1. The van der Waals surface area contributed by atoms with E-state index in [9.17, 15) is 19.4 Å². The molecule has 7 nitrogen and oxygen atoms in total. The third kappa shape index (κ3) is 5.08. The van der Waals surface area contributed by atoms with Crippen LogP contribution in [0.5, 0.6) is 5.75 Å². The van der Waals surface area contributed by atoms with Crippen molar-refractivity contribution in [2.45, 2.75) is 51.8 Å². The second-order valence-electron chi connectivity index (χ2n) is 6.18. The molecule has 1 N–H and O–H groups in total. The number of carbonyl (C=O) groups excluding carboxylic acids is 3. The second kappa shape index (κ2) is 9.38. The highest BCUT2D eigenvalue weighted by molar-refractivity contribution is 6.47. The Morgan fingerprint density at radius 2 is 2.04 bits per heavy atom. The Balaban J connectivity index is 2.04. The van der Waals surface area contributed by atoms with Gasteiger partial charge >= 0.3 is 19.1 Å². The van der Waals surface area contributed by atoms with Gasteiger partial charge in [0.1, 0.15) is 17.1 Å². The molecule has 8 heteroatoms. The van der Waals surface area contributed by atoms with E-state index in [1.165, 1.54) is 6.07 Å². The van der Waals surface area contributed by atoms with Crippen LogP contribution in [-0.4, -0.2) is 36.7 Å². The summed E-state index contributed by atoms with van der Waals surface area (Å²) in [6.07, 6.45) is 1.95. The number of fused-ring (bicyclic) bond motifs is 1. The summed E-state index contributed by atoms with van der Waals surface area (Å²) in [5.41, 5.74) is 0.870. The first-order valence-electron chi connectivity index (χ1n) is 8.77. The molecular formula is C18H23BO7.